The van der Waals surface area contributed by atoms with Crippen molar-refractivity contribution in [1.29, 1.82) is 0 Å². The Kier molecular flexibility index (Phi) is 11.1. The molecule has 0 aromatic rings. The van der Waals surface area contributed by atoms with E-state index in [9.17, 15) is 0 Å². The van der Waals surface area contributed by atoms with Crippen LogP contribution in [0.5, 0.6) is 0 Å². The first kappa shape index (κ1) is 18.4. The summed E-state index contributed by atoms with van der Waals surface area (Å²) in [6, 6.07) is 0. The zero-order valence-electron chi connectivity index (χ0n) is 13.7. The van der Waals surface area contributed by atoms with Crippen molar-refractivity contribution in [3.05, 3.63) is 0 Å². The fraction of sp³-hybridized carbons (Fsp3) is 1.00. The second-order valence-electron chi connectivity index (χ2n) is 6.70. The minimum absolute atomic E-state index is 0.811. The predicted octanol–water partition coefficient (Wildman–Crippen LogP) is 4.39. The highest BCUT2D eigenvalue weighted by Crippen LogP contribution is 2.10. The van der Waals surface area contributed by atoms with Crippen LogP contribution in [0.1, 0.15) is 58.8 Å². The molecule has 0 N–H and O–H groups in total. The number of nitrogens with zero attached hydrogens (tertiary/aromatic N) is 2. The van der Waals surface area contributed by atoms with Crippen molar-refractivity contribution in [2.45, 2.75) is 58.8 Å². The Morgan fingerprint density at radius 1 is 0.750 bits per heavy atom. The topological polar surface area (TPSA) is 6.48 Å². The maximum absolute atomic E-state index is 3.50. The Balaban J connectivity index is 1.89. The van der Waals surface area contributed by atoms with Crippen LogP contribution in [-0.2, 0) is 0 Å². The van der Waals surface area contributed by atoms with Gasteiger partial charge in [-0.1, -0.05) is 61.9 Å². The van der Waals surface area contributed by atoms with Crippen LogP contribution in [0.4, 0.5) is 0 Å². The van der Waals surface area contributed by atoms with Crippen LogP contribution < -0.4 is 0 Å². The first-order chi connectivity index (χ1) is 9.72. The van der Waals surface area contributed by atoms with Gasteiger partial charge in [-0.05, 0) is 25.3 Å². The number of alkyl halides is 1. The number of halogens is 1. The summed E-state index contributed by atoms with van der Waals surface area (Å²) in [5.74, 6) is 0.811. The molecule has 0 atom stereocenters. The van der Waals surface area contributed by atoms with Crippen molar-refractivity contribution in [1.82, 2.24) is 9.80 Å². The van der Waals surface area contributed by atoms with Gasteiger partial charge < -0.3 is 9.80 Å². The molecule has 0 aromatic carbocycles. The molecule has 1 fully saturated rings. The van der Waals surface area contributed by atoms with Gasteiger partial charge in [0.1, 0.15) is 0 Å². The van der Waals surface area contributed by atoms with Crippen molar-refractivity contribution in [3.63, 3.8) is 0 Å². The van der Waals surface area contributed by atoms with E-state index in [-0.39, 0.29) is 0 Å². The summed E-state index contributed by atoms with van der Waals surface area (Å²) in [5.41, 5.74) is 0. The summed E-state index contributed by atoms with van der Waals surface area (Å²) in [6.45, 7) is 12.4. The van der Waals surface area contributed by atoms with Gasteiger partial charge in [-0.15, -0.1) is 0 Å². The molecule has 0 amide bonds. The molecule has 0 unspecified atom stereocenters. The van der Waals surface area contributed by atoms with E-state index in [2.05, 4.69) is 39.6 Å². The second kappa shape index (κ2) is 12.0. The monoisotopic (exact) mass is 346 g/mol. The van der Waals surface area contributed by atoms with Crippen LogP contribution >= 0.6 is 15.9 Å². The Labute approximate surface area is 135 Å². The van der Waals surface area contributed by atoms with Crippen LogP contribution in [0.3, 0.4) is 0 Å². The summed E-state index contributed by atoms with van der Waals surface area (Å²) in [4.78, 5) is 5.30. The Hall–Kier alpha value is 0.400. The summed E-state index contributed by atoms with van der Waals surface area (Å²) < 4.78 is 0. The average Bonchev–Trinajstić information content (AvgIpc) is 2.43. The molecule has 2 nitrogen and oxygen atoms in total. The van der Waals surface area contributed by atoms with Crippen LogP contribution in [0.2, 0.25) is 0 Å². The zero-order valence-corrected chi connectivity index (χ0v) is 15.3. The van der Waals surface area contributed by atoms with Gasteiger partial charge >= 0.3 is 0 Å². The quantitative estimate of drug-likeness (QED) is 0.404. The molecule has 0 spiro atoms. The van der Waals surface area contributed by atoms with Crippen LogP contribution in [0.15, 0.2) is 0 Å². The summed E-state index contributed by atoms with van der Waals surface area (Å²) in [5, 5.41) is 1.18. The molecule has 0 bridgehead atoms. The lowest BCUT2D eigenvalue weighted by molar-refractivity contribution is 0.121. The molecular formula is C17H35BrN2. The maximum atomic E-state index is 3.50. The van der Waals surface area contributed by atoms with Crippen LogP contribution in [0.25, 0.3) is 0 Å². The molecule has 0 saturated carbocycles. The average molecular weight is 347 g/mol. The predicted molar refractivity (Wildman–Crippen MR) is 93.8 cm³/mol. The van der Waals surface area contributed by atoms with E-state index in [4.69, 9.17) is 0 Å². The standard InChI is InChI=1S/C17H35BrN2/c1-17(2)16-20-14-12-19(13-15-20)11-9-7-5-3-4-6-8-10-18/h17H,3-16H2,1-2H3. The Morgan fingerprint density at radius 2 is 1.25 bits per heavy atom. The molecule has 0 aromatic heterocycles. The van der Waals surface area contributed by atoms with Gasteiger partial charge in [0.2, 0.25) is 0 Å². The third-order valence-electron chi connectivity index (χ3n) is 4.20. The Bertz CT molecular complexity index is 213. The van der Waals surface area contributed by atoms with Crippen LogP contribution in [-0.4, -0.2) is 54.4 Å². The minimum atomic E-state index is 0.811. The van der Waals surface area contributed by atoms with E-state index in [1.54, 1.807) is 0 Å². The third-order valence-corrected chi connectivity index (χ3v) is 4.76. The molecule has 120 valence electrons. The molecule has 0 aliphatic carbocycles. The van der Waals surface area contributed by atoms with E-state index in [1.165, 1.54) is 89.5 Å². The SMILES string of the molecule is CC(C)CN1CCN(CCCCCCCCCBr)CC1. The molecule has 3 heteroatoms. The molecule has 1 aliphatic rings. The van der Waals surface area contributed by atoms with Crippen molar-refractivity contribution in [2.24, 2.45) is 5.92 Å². The van der Waals surface area contributed by atoms with E-state index in [0.717, 1.165) is 5.92 Å². The molecule has 1 rings (SSSR count). The molecule has 0 radical (unpaired) electrons. The lowest BCUT2D eigenvalue weighted by Gasteiger charge is -2.35. The second-order valence-corrected chi connectivity index (χ2v) is 7.49. The zero-order chi connectivity index (χ0) is 14.6. The highest BCUT2D eigenvalue weighted by atomic mass is 79.9. The van der Waals surface area contributed by atoms with Crippen molar-refractivity contribution >= 4 is 15.9 Å². The number of unbranched alkanes of at least 4 members (excludes halogenated alkanes) is 6. The van der Waals surface area contributed by atoms with Gasteiger partial charge in [0.15, 0.2) is 0 Å². The highest BCUT2D eigenvalue weighted by Gasteiger charge is 2.16. The molecular weight excluding hydrogens is 312 g/mol. The summed E-state index contributed by atoms with van der Waals surface area (Å²) in [6.07, 6.45) is 9.90. The van der Waals surface area contributed by atoms with E-state index in [1.807, 2.05) is 0 Å². The molecule has 1 saturated heterocycles. The number of piperazine rings is 1. The minimum Gasteiger partial charge on any atom is -0.301 e. The largest absolute Gasteiger partial charge is 0.301 e. The first-order valence-electron chi connectivity index (χ1n) is 8.73. The summed E-state index contributed by atoms with van der Waals surface area (Å²) >= 11 is 3.50. The van der Waals surface area contributed by atoms with Gasteiger partial charge in [0.05, 0.1) is 0 Å². The van der Waals surface area contributed by atoms with Gasteiger partial charge in [-0.3, -0.25) is 0 Å². The number of hydrogen-bond donors (Lipinski definition) is 0. The molecule has 20 heavy (non-hydrogen) atoms. The normalized spacial score (nSPS) is 18.0. The van der Waals surface area contributed by atoms with Gasteiger partial charge in [-0.25, -0.2) is 0 Å². The van der Waals surface area contributed by atoms with Gasteiger partial charge in [-0.2, -0.15) is 0 Å². The number of rotatable bonds is 11. The smallest absolute Gasteiger partial charge is 0.0110 e. The first-order valence-corrected chi connectivity index (χ1v) is 9.85. The fourth-order valence-corrected chi connectivity index (χ4v) is 3.42. The van der Waals surface area contributed by atoms with Gasteiger partial charge in [0.25, 0.3) is 0 Å². The summed E-state index contributed by atoms with van der Waals surface area (Å²) in [7, 11) is 0. The van der Waals surface area contributed by atoms with E-state index in [0.29, 0.717) is 0 Å². The fourth-order valence-electron chi connectivity index (χ4n) is 3.03. The molecule has 1 aliphatic heterocycles. The lowest BCUT2D eigenvalue weighted by atomic mass is 10.1. The number of hydrogen-bond acceptors (Lipinski definition) is 2. The van der Waals surface area contributed by atoms with Crippen LogP contribution in [0, 0.1) is 5.92 Å². The van der Waals surface area contributed by atoms with E-state index >= 15 is 0 Å². The third kappa shape index (κ3) is 9.36. The van der Waals surface area contributed by atoms with Crippen molar-refractivity contribution < 1.29 is 0 Å². The molecule has 1 heterocycles. The van der Waals surface area contributed by atoms with Gasteiger partial charge in [0, 0.05) is 38.1 Å². The maximum Gasteiger partial charge on any atom is 0.0110 e. The van der Waals surface area contributed by atoms with Crippen molar-refractivity contribution in [2.75, 3.05) is 44.6 Å². The lowest BCUT2D eigenvalue weighted by Crippen LogP contribution is -2.47. The van der Waals surface area contributed by atoms with E-state index < -0.39 is 0 Å². The Morgan fingerprint density at radius 3 is 1.80 bits per heavy atom. The van der Waals surface area contributed by atoms with Crippen molar-refractivity contribution in [3.8, 4) is 0 Å². The highest BCUT2D eigenvalue weighted by molar-refractivity contribution is 9.09.